The molecule has 2 aromatic carbocycles. The Hall–Kier alpha value is -2.46. The number of rotatable bonds is 7. The number of benzene rings is 2. The Kier molecular flexibility index (Phi) is 6.18. The molecular weight excluding hydrogens is 340 g/mol. The fourth-order valence-corrected chi connectivity index (χ4v) is 3.91. The molecule has 0 radical (unpaired) electrons. The van der Waals surface area contributed by atoms with Crippen molar-refractivity contribution in [2.75, 3.05) is 5.32 Å². The van der Waals surface area contributed by atoms with Crippen molar-refractivity contribution >= 4 is 22.4 Å². The van der Waals surface area contributed by atoms with E-state index >= 15 is 0 Å². The van der Waals surface area contributed by atoms with Crippen LogP contribution in [0.2, 0.25) is 0 Å². The minimum atomic E-state index is -0.164. The van der Waals surface area contributed by atoms with Crippen molar-refractivity contribution in [3.63, 3.8) is 0 Å². The van der Waals surface area contributed by atoms with Crippen LogP contribution in [-0.2, 0) is 11.2 Å². The van der Waals surface area contributed by atoms with Crippen LogP contribution in [-0.4, -0.2) is 10.9 Å². The molecule has 1 N–H and O–H groups in total. The summed E-state index contributed by atoms with van der Waals surface area (Å²) < 4.78 is 0. The van der Waals surface area contributed by atoms with Crippen LogP contribution in [0.4, 0.5) is 5.13 Å². The molecule has 2 unspecified atom stereocenters. The van der Waals surface area contributed by atoms with E-state index in [4.69, 9.17) is 0 Å². The first-order valence-electron chi connectivity index (χ1n) is 9.01. The number of thiazole rings is 1. The van der Waals surface area contributed by atoms with Crippen LogP contribution in [0.3, 0.4) is 0 Å². The van der Waals surface area contributed by atoms with Gasteiger partial charge in [0.2, 0.25) is 5.91 Å². The van der Waals surface area contributed by atoms with Crippen LogP contribution in [0, 0.1) is 5.92 Å². The monoisotopic (exact) mass is 364 g/mol. The lowest BCUT2D eigenvalue weighted by Crippen LogP contribution is -2.26. The van der Waals surface area contributed by atoms with Crippen molar-refractivity contribution < 1.29 is 4.79 Å². The molecule has 4 heteroatoms. The predicted octanol–water partition coefficient (Wildman–Crippen LogP) is 5.50. The highest BCUT2D eigenvalue weighted by molar-refractivity contribution is 7.15. The Labute approximate surface area is 159 Å². The van der Waals surface area contributed by atoms with Crippen LogP contribution >= 0.6 is 11.3 Å². The largest absolute Gasteiger partial charge is 0.301 e. The third-order valence-corrected chi connectivity index (χ3v) is 5.57. The Bertz CT molecular complexity index is 830. The molecule has 0 aliphatic heterocycles. The zero-order valence-electron chi connectivity index (χ0n) is 15.2. The smallest absolute Gasteiger partial charge is 0.233 e. The molecule has 0 saturated heterocycles. The summed E-state index contributed by atoms with van der Waals surface area (Å²) in [4.78, 5) is 18.5. The Morgan fingerprint density at radius 2 is 1.73 bits per heavy atom. The second-order valence-electron chi connectivity index (χ2n) is 6.56. The van der Waals surface area contributed by atoms with E-state index in [9.17, 15) is 4.79 Å². The van der Waals surface area contributed by atoms with E-state index in [1.54, 1.807) is 11.3 Å². The molecule has 1 aromatic heterocycles. The summed E-state index contributed by atoms with van der Waals surface area (Å²) in [5, 5.41) is 3.70. The second-order valence-corrected chi connectivity index (χ2v) is 7.67. The van der Waals surface area contributed by atoms with E-state index < -0.39 is 0 Å². The van der Waals surface area contributed by atoms with Gasteiger partial charge in [-0.1, -0.05) is 80.9 Å². The molecule has 2 atom stereocenters. The van der Waals surface area contributed by atoms with Crippen molar-refractivity contribution in [3.05, 3.63) is 82.9 Å². The fourth-order valence-electron chi connectivity index (χ4n) is 3.06. The zero-order chi connectivity index (χ0) is 18.4. The molecule has 0 fully saturated rings. The maximum Gasteiger partial charge on any atom is 0.233 e. The van der Waals surface area contributed by atoms with Gasteiger partial charge in [-0.15, -0.1) is 11.3 Å². The van der Waals surface area contributed by atoms with Crippen LogP contribution < -0.4 is 5.32 Å². The molecule has 1 heterocycles. The van der Waals surface area contributed by atoms with Crippen molar-refractivity contribution in [2.45, 2.75) is 32.6 Å². The van der Waals surface area contributed by atoms with E-state index in [0.717, 1.165) is 23.3 Å². The van der Waals surface area contributed by atoms with Gasteiger partial charge in [-0.05, 0) is 17.0 Å². The minimum Gasteiger partial charge on any atom is -0.301 e. The molecule has 1 amide bonds. The van der Waals surface area contributed by atoms with Crippen LogP contribution in [0.5, 0.6) is 0 Å². The molecule has 3 aromatic rings. The normalized spacial score (nSPS) is 13.2. The molecule has 3 nitrogen and oxygen atoms in total. The number of anilines is 1. The first-order chi connectivity index (χ1) is 12.7. The SMILES string of the molecule is CCC(C)C(C(=O)Nc1ncc(Cc2ccccc2)s1)c1ccccc1. The molecule has 0 aliphatic rings. The highest BCUT2D eigenvalue weighted by Crippen LogP contribution is 2.29. The van der Waals surface area contributed by atoms with E-state index in [-0.39, 0.29) is 17.7 Å². The van der Waals surface area contributed by atoms with Gasteiger partial charge in [-0.25, -0.2) is 4.98 Å². The molecule has 134 valence electrons. The van der Waals surface area contributed by atoms with Gasteiger partial charge < -0.3 is 5.32 Å². The van der Waals surface area contributed by atoms with E-state index in [0.29, 0.717) is 5.13 Å². The third kappa shape index (κ3) is 4.58. The Balaban J connectivity index is 1.72. The van der Waals surface area contributed by atoms with Gasteiger partial charge in [0, 0.05) is 17.5 Å². The zero-order valence-corrected chi connectivity index (χ0v) is 16.0. The standard InChI is InChI=1S/C22H24N2OS/c1-3-16(2)20(18-12-8-5-9-13-18)21(25)24-22-23-15-19(26-22)14-17-10-6-4-7-11-17/h4-13,15-16,20H,3,14H2,1-2H3,(H,23,24,25). The highest BCUT2D eigenvalue weighted by atomic mass is 32.1. The molecular formula is C22H24N2OS. The lowest BCUT2D eigenvalue weighted by molar-refractivity contribution is -0.118. The van der Waals surface area contributed by atoms with Gasteiger partial charge in [-0.2, -0.15) is 0 Å². The summed E-state index contributed by atoms with van der Waals surface area (Å²) in [6, 6.07) is 20.3. The average molecular weight is 365 g/mol. The molecule has 0 saturated carbocycles. The molecule has 26 heavy (non-hydrogen) atoms. The van der Waals surface area contributed by atoms with Gasteiger partial charge in [-0.3, -0.25) is 4.79 Å². The van der Waals surface area contributed by atoms with E-state index in [1.807, 2.05) is 54.7 Å². The fraction of sp³-hybridized carbons (Fsp3) is 0.273. The number of carbonyl (C=O) groups excluding carboxylic acids is 1. The highest BCUT2D eigenvalue weighted by Gasteiger charge is 2.26. The minimum absolute atomic E-state index is 0.0196. The molecule has 0 aliphatic carbocycles. The summed E-state index contributed by atoms with van der Waals surface area (Å²) in [7, 11) is 0. The summed E-state index contributed by atoms with van der Waals surface area (Å²) in [5.41, 5.74) is 2.30. The lowest BCUT2D eigenvalue weighted by atomic mass is 9.85. The summed E-state index contributed by atoms with van der Waals surface area (Å²) >= 11 is 1.54. The Morgan fingerprint density at radius 3 is 2.38 bits per heavy atom. The maximum atomic E-state index is 12.9. The molecule has 0 bridgehead atoms. The van der Waals surface area contributed by atoms with Crippen molar-refractivity contribution in [1.82, 2.24) is 4.98 Å². The second kappa shape index (κ2) is 8.77. The van der Waals surface area contributed by atoms with Crippen LogP contribution in [0.15, 0.2) is 66.9 Å². The average Bonchev–Trinajstić information content (AvgIpc) is 3.10. The van der Waals surface area contributed by atoms with E-state index in [1.165, 1.54) is 5.56 Å². The predicted molar refractivity (Wildman–Crippen MR) is 109 cm³/mol. The number of aromatic nitrogens is 1. The molecule has 0 spiro atoms. The van der Waals surface area contributed by atoms with Gasteiger partial charge in [0.1, 0.15) is 0 Å². The van der Waals surface area contributed by atoms with Gasteiger partial charge in [0.25, 0.3) is 0 Å². The van der Waals surface area contributed by atoms with Crippen molar-refractivity contribution in [1.29, 1.82) is 0 Å². The number of nitrogens with one attached hydrogen (secondary N) is 1. The third-order valence-electron chi connectivity index (χ3n) is 4.66. The number of amides is 1. The first kappa shape index (κ1) is 18.3. The summed E-state index contributed by atoms with van der Waals surface area (Å²) in [6.45, 7) is 4.25. The van der Waals surface area contributed by atoms with Gasteiger partial charge in [0.05, 0.1) is 5.92 Å². The lowest BCUT2D eigenvalue weighted by Gasteiger charge is -2.22. The number of hydrogen-bond donors (Lipinski definition) is 1. The van der Waals surface area contributed by atoms with Crippen LogP contribution in [0.1, 0.15) is 42.2 Å². The molecule has 3 rings (SSSR count). The first-order valence-corrected chi connectivity index (χ1v) is 9.83. The van der Waals surface area contributed by atoms with Gasteiger partial charge >= 0.3 is 0 Å². The van der Waals surface area contributed by atoms with Crippen LogP contribution in [0.25, 0.3) is 0 Å². The van der Waals surface area contributed by atoms with Crippen molar-refractivity contribution in [3.8, 4) is 0 Å². The quantitative estimate of drug-likeness (QED) is 0.601. The maximum absolute atomic E-state index is 12.9. The van der Waals surface area contributed by atoms with Gasteiger partial charge in [0.15, 0.2) is 5.13 Å². The number of hydrogen-bond acceptors (Lipinski definition) is 3. The van der Waals surface area contributed by atoms with E-state index in [2.05, 4.69) is 36.3 Å². The Morgan fingerprint density at radius 1 is 1.08 bits per heavy atom. The number of nitrogens with zero attached hydrogens (tertiary/aromatic N) is 1. The summed E-state index contributed by atoms with van der Waals surface area (Å²) in [6.07, 6.45) is 3.64. The topological polar surface area (TPSA) is 42.0 Å². The van der Waals surface area contributed by atoms with Crippen molar-refractivity contribution in [2.24, 2.45) is 5.92 Å². The summed E-state index contributed by atoms with van der Waals surface area (Å²) in [5.74, 6) is 0.120. The number of carbonyl (C=O) groups is 1.